The van der Waals surface area contributed by atoms with Crippen LogP contribution in [-0.2, 0) is 4.79 Å². The third-order valence-electron chi connectivity index (χ3n) is 5.48. The number of nitrogens with zero attached hydrogens (tertiary/aromatic N) is 1. The lowest BCUT2D eigenvalue weighted by molar-refractivity contribution is -0.124. The van der Waals surface area contributed by atoms with E-state index in [9.17, 15) is 14.0 Å². The molecule has 4 nitrogen and oxygen atoms in total. The van der Waals surface area contributed by atoms with Gasteiger partial charge in [-0.1, -0.05) is 49.7 Å². The number of hydrogen-bond acceptors (Lipinski definition) is 2. The Hall–Kier alpha value is -2.69. The fourth-order valence-electron chi connectivity index (χ4n) is 3.65. The number of rotatable bonds is 5. The van der Waals surface area contributed by atoms with Crippen LogP contribution < -0.4 is 5.32 Å². The first-order valence-electron chi connectivity index (χ1n) is 10.3. The smallest absolute Gasteiger partial charge is 0.256 e. The van der Waals surface area contributed by atoms with E-state index in [1.54, 1.807) is 17.0 Å². The molecule has 0 radical (unpaired) electrons. The summed E-state index contributed by atoms with van der Waals surface area (Å²) < 4.78 is 14.8. The fraction of sp³-hybridized carbons (Fsp3) is 0.417. The van der Waals surface area contributed by atoms with Crippen molar-refractivity contribution < 1.29 is 14.0 Å². The van der Waals surface area contributed by atoms with Crippen molar-refractivity contribution in [3.63, 3.8) is 0 Å². The standard InChI is InChI=1S/C24H29FN2O2/c1-16(2)23(28)26-14-18-5-4-12-27(15-18)24(29)21-11-10-20(13-22(21)25)19-8-6-17(3)7-9-19/h6-11,13,16,18H,4-5,12,14-15H2,1-3H3,(H,26,28). The van der Waals surface area contributed by atoms with Gasteiger partial charge >= 0.3 is 0 Å². The minimum atomic E-state index is -0.497. The van der Waals surface area contributed by atoms with Crippen LogP contribution in [0.5, 0.6) is 0 Å². The van der Waals surface area contributed by atoms with Crippen LogP contribution in [0.2, 0.25) is 0 Å². The van der Waals surface area contributed by atoms with Crippen molar-refractivity contribution in [1.82, 2.24) is 10.2 Å². The van der Waals surface area contributed by atoms with E-state index in [1.807, 2.05) is 45.0 Å². The molecule has 5 heteroatoms. The number of aryl methyl sites for hydroxylation is 1. The Morgan fingerprint density at radius 2 is 1.83 bits per heavy atom. The molecule has 1 unspecified atom stereocenters. The van der Waals surface area contributed by atoms with E-state index in [0.717, 1.165) is 29.5 Å². The number of benzene rings is 2. The number of carbonyl (C=O) groups excluding carboxylic acids is 2. The molecular weight excluding hydrogens is 367 g/mol. The molecule has 1 fully saturated rings. The fourth-order valence-corrected chi connectivity index (χ4v) is 3.65. The number of carbonyl (C=O) groups is 2. The summed E-state index contributed by atoms with van der Waals surface area (Å²) in [6.07, 6.45) is 1.81. The van der Waals surface area contributed by atoms with Crippen LogP contribution in [-0.4, -0.2) is 36.3 Å². The molecule has 29 heavy (non-hydrogen) atoms. The van der Waals surface area contributed by atoms with Gasteiger partial charge in [-0.05, 0) is 48.9 Å². The van der Waals surface area contributed by atoms with E-state index in [1.165, 1.54) is 6.07 Å². The molecule has 2 aromatic rings. The lowest BCUT2D eigenvalue weighted by atomic mass is 9.96. The van der Waals surface area contributed by atoms with Gasteiger partial charge in [0.25, 0.3) is 5.91 Å². The maximum Gasteiger partial charge on any atom is 0.256 e. The largest absolute Gasteiger partial charge is 0.356 e. The summed E-state index contributed by atoms with van der Waals surface area (Å²) in [5.74, 6) is -0.616. The van der Waals surface area contributed by atoms with Crippen LogP contribution in [0, 0.1) is 24.6 Å². The molecule has 3 rings (SSSR count). The normalized spacial score (nSPS) is 16.7. The van der Waals surface area contributed by atoms with Crippen molar-refractivity contribution >= 4 is 11.8 Å². The zero-order chi connectivity index (χ0) is 21.0. The number of amides is 2. The number of likely N-dealkylation sites (tertiary alicyclic amines) is 1. The molecule has 1 saturated heterocycles. The number of halogens is 1. The van der Waals surface area contributed by atoms with Crippen molar-refractivity contribution in [1.29, 1.82) is 0 Å². The predicted octanol–water partition coefficient (Wildman–Crippen LogP) is 4.43. The molecule has 2 aromatic carbocycles. The Kier molecular flexibility index (Phi) is 6.68. The molecule has 0 aliphatic carbocycles. The van der Waals surface area contributed by atoms with Crippen LogP contribution in [0.1, 0.15) is 42.6 Å². The average molecular weight is 397 g/mol. The zero-order valence-electron chi connectivity index (χ0n) is 17.4. The topological polar surface area (TPSA) is 49.4 Å². The molecule has 2 amide bonds. The number of piperidine rings is 1. The molecule has 0 aromatic heterocycles. The zero-order valence-corrected chi connectivity index (χ0v) is 17.4. The van der Waals surface area contributed by atoms with Crippen LogP contribution in [0.4, 0.5) is 4.39 Å². The van der Waals surface area contributed by atoms with Crippen LogP contribution >= 0.6 is 0 Å². The summed E-state index contributed by atoms with van der Waals surface area (Å²) in [6, 6.07) is 12.7. The summed E-state index contributed by atoms with van der Waals surface area (Å²) in [5, 5.41) is 2.94. The van der Waals surface area contributed by atoms with Gasteiger partial charge < -0.3 is 10.2 Å². The quantitative estimate of drug-likeness (QED) is 0.813. The highest BCUT2D eigenvalue weighted by molar-refractivity contribution is 5.95. The Morgan fingerprint density at radius 1 is 1.14 bits per heavy atom. The lowest BCUT2D eigenvalue weighted by Gasteiger charge is -2.33. The highest BCUT2D eigenvalue weighted by Crippen LogP contribution is 2.25. The molecule has 0 spiro atoms. The monoisotopic (exact) mass is 396 g/mol. The highest BCUT2D eigenvalue weighted by Gasteiger charge is 2.26. The van der Waals surface area contributed by atoms with Gasteiger partial charge in [-0.3, -0.25) is 9.59 Å². The second kappa shape index (κ2) is 9.21. The average Bonchev–Trinajstić information content (AvgIpc) is 2.72. The molecule has 0 bridgehead atoms. The Morgan fingerprint density at radius 3 is 2.48 bits per heavy atom. The van der Waals surface area contributed by atoms with Gasteiger partial charge in [0, 0.05) is 25.6 Å². The Balaban J connectivity index is 1.67. The first-order chi connectivity index (χ1) is 13.8. The maximum absolute atomic E-state index is 14.8. The van der Waals surface area contributed by atoms with E-state index in [-0.39, 0.29) is 29.2 Å². The number of hydrogen-bond donors (Lipinski definition) is 1. The summed E-state index contributed by atoms with van der Waals surface area (Å²) in [7, 11) is 0. The van der Waals surface area contributed by atoms with Gasteiger partial charge in [0.15, 0.2) is 0 Å². The van der Waals surface area contributed by atoms with Gasteiger partial charge in [-0.15, -0.1) is 0 Å². The first kappa shape index (κ1) is 21.0. The van der Waals surface area contributed by atoms with Crippen LogP contribution in [0.15, 0.2) is 42.5 Å². The molecule has 1 N–H and O–H groups in total. The Bertz CT molecular complexity index is 877. The maximum atomic E-state index is 14.8. The van der Waals surface area contributed by atoms with E-state index < -0.39 is 5.82 Å². The summed E-state index contributed by atoms with van der Waals surface area (Å²) in [4.78, 5) is 26.4. The molecule has 0 saturated carbocycles. The van der Waals surface area contributed by atoms with Crippen molar-refractivity contribution in [3.05, 3.63) is 59.4 Å². The third kappa shape index (κ3) is 5.22. The van der Waals surface area contributed by atoms with E-state index >= 15 is 0 Å². The lowest BCUT2D eigenvalue weighted by Crippen LogP contribution is -2.44. The van der Waals surface area contributed by atoms with Gasteiger partial charge in [-0.25, -0.2) is 4.39 Å². The molecule has 1 atom stereocenters. The van der Waals surface area contributed by atoms with Crippen molar-refractivity contribution in [3.8, 4) is 11.1 Å². The highest BCUT2D eigenvalue weighted by atomic mass is 19.1. The molecule has 154 valence electrons. The van der Waals surface area contributed by atoms with Gasteiger partial charge in [0.05, 0.1) is 5.56 Å². The second-order valence-corrected chi connectivity index (χ2v) is 8.22. The first-order valence-corrected chi connectivity index (χ1v) is 10.3. The number of nitrogens with one attached hydrogen (secondary N) is 1. The molecule has 1 aliphatic rings. The summed E-state index contributed by atoms with van der Waals surface area (Å²) in [5.41, 5.74) is 2.93. The minimum absolute atomic E-state index is 0.0196. The summed E-state index contributed by atoms with van der Waals surface area (Å²) >= 11 is 0. The summed E-state index contributed by atoms with van der Waals surface area (Å²) in [6.45, 7) is 7.43. The SMILES string of the molecule is Cc1ccc(-c2ccc(C(=O)N3CCCC(CNC(=O)C(C)C)C3)c(F)c2)cc1. The van der Waals surface area contributed by atoms with Crippen LogP contribution in [0.3, 0.4) is 0 Å². The molecule has 1 heterocycles. The molecule has 1 aliphatic heterocycles. The minimum Gasteiger partial charge on any atom is -0.356 e. The second-order valence-electron chi connectivity index (χ2n) is 8.22. The van der Waals surface area contributed by atoms with Crippen molar-refractivity contribution in [2.24, 2.45) is 11.8 Å². The van der Waals surface area contributed by atoms with E-state index in [0.29, 0.717) is 19.6 Å². The van der Waals surface area contributed by atoms with Crippen molar-refractivity contribution in [2.75, 3.05) is 19.6 Å². The predicted molar refractivity (Wildman–Crippen MR) is 113 cm³/mol. The van der Waals surface area contributed by atoms with Crippen LogP contribution in [0.25, 0.3) is 11.1 Å². The van der Waals surface area contributed by atoms with E-state index in [2.05, 4.69) is 5.32 Å². The Labute approximate surface area is 172 Å². The third-order valence-corrected chi connectivity index (χ3v) is 5.48. The van der Waals surface area contributed by atoms with Gasteiger partial charge in [0.2, 0.25) is 5.91 Å². The van der Waals surface area contributed by atoms with Gasteiger partial charge in [-0.2, -0.15) is 0 Å². The molecular formula is C24H29FN2O2. The van der Waals surface area contributed by atoms with Crippen molar-refractivity contribution in [2.45, 2.75) is 33.6 Å². The van der Waals surface area contributed by atoms with Gasteiger partial charge in [0.1, 0.15) is 5.82 Å². The van der Waals surface area contributed by atoms with E-state index in [4.69, 9.17) is 0 Å².